The van der Waals surface area contributed by atoms with E-state index in [-0.39, 0.29) is 31.0 Å². The van der Waals surface area contributed by atoms with Gasteiger partial charge in [-0.25, -0.2) is 17.6 Å². The van der Waals surface area contributed by atoms with E-state index in [9.17, 15) is 17.6 Å². The molecule has 5 nitrogen and oxygen atoms in total. The lowest BCUT2D eigenvalue weighted by Gasteiger charge is -2.41. The number of alkyl halides is 4. The lowest BCUT2D eigenvalue weighted by Crippen LogP contribution is -2.45. The van der Waals surface area contributed by atoms with Crippen LogP contribution in [0.1, 0.15) is 75.6 Å². The maximum atomic E-state index is 13.6. The number of likely N-dealkylation sites (tertiary alicyclic amines) is 1. The van der Waals surface area contributed by atoms with Crippen molar-refractivity contribution in [2.75, 3.05) is 17.4 Å². The van der Waals surface area contributed by atoms with Crippen molar-refractivity contribution in [3.8, 4) is 0 Å². The maximum absolute atomic E-state index is 13.6. The molecule has 3 heterocycles. The van der Waals surface area contributed by atoms with E-state index in [1.807, 2.05) is 37.9 Å². The number of aryl methyl sites for hydroxylation is 1. The first-order valence-electron chi connectivity index (χ1n) is 14.3. The van der Waals surface area contributed by atoms with Crippen molar-refractivity contribution in [2.45, 2.75) is 95.9 Å². The summed E-state index contributed by atoms with van der Waals surface area (Å²) in [5.41, 5.74) is 4.16. The molecule has 0 bridgehead atoms. The molecule has 1 saturated heterocycles. The minimum absolute atomic E-state index is 0.00697. The lowest BCUT2D eigenvalue weighted by atomic mass is 9.90. The number of rotatable bonds is 8. The molecule has 2 fully saturated rings. The highest BCUT2D eigenvalue weighted by molar-refractivity contribution is 8.01. The first-order valence-corrected chi connectivity index (χ1v) is 15.1. The highest BCUT2D eigenvalue weighted by atomic mass is 32.2. The zero-order chi connectivity index (χ0) is 28.7. The first kappa shape index (κ1) is 30.5. The van der Waals surface area contributed by atoms with Gasteiger partial charge in [-0.3, -0.25) is 4.98 Å². The maximum Gasteiger partial charge on any atom is 0.278 e. The molecule has 218 valence electrons. The molecule has 1 aromatic carbocycles. The SMILES string of the molecule is CC.Cc1cccc(N(Cc2ccc(C3=NN=C(C(F)F)C3)cn2)SC2CCN(C3CCC(F)(F)CC3)CC2)c1. The van der Waals surface area contributed by atoms with E-state index in [4.69, 9.17) is 0 Å². The minimum Gasteiger partial charge on any atom is -0.310 e. The van der Waals surface area contributed by atoms with E-state index in [0.717, 1.165) is 37.3 Å². The number of anilines is 1. The zero-order valence-corrected chi connectivity index (χ0v) is 24.3. The van der Waals surface area contributed by atoms with Crippen molar-refractivity contribution in [1.82, 2.24) is 9.88 Å². The van der Waals surface area contributed by atoms with Crippen LogP contribution in [-0.2, 0) is 6.54 Å². The molecule has 10 heteroatoms. The van der Waals surface area contributed by atoms with Crippen molar-refractivity contribution in [3.05, 3.63) is 59.4 Å². The van der Waals surface area contributed by atoms with E-state index in [0.29, 0.717) is 35.9 Å². The normalized spacial score (nSPS) is 20.1. The van der Waals surface area contributed by atoms with Crippen LogP contribution in [0.4, 0.5) is 23.2 Å². The smallest absolute Gasteiger partial charge is 0.278 e. The van der Waals surface area contributed by atoms with Gasteiger partial charge < -0.3 is 9.21 Å². The van der Waals surface area contributed by atoms with Crippen LogP contribution in [-0.4, -0.2) is 58.0 Å². The largest absolute Gasteiger partial charge is 0.310 e. The third-order valence-corrected chi connectivity index (χ3v) is 8.97. The van der Waals surface area contributed by atoms with Gasteiger partial charge >= 0.3 is 0 Å². The molecule has 0 atom stereocenters. The van der Waals surface area contributed by atoms with Gasteiger partial charge in [0.05, 0.1) is 18.0 Å². The van der Waals surface area contributed by atoms with Crippen LogP contribution < -0.4 is 4.31 Å². The highest BCUT2D eigenvalue weighted by Gasteiger charge is 2.38. The Balaban J connectivity index is 0.00000181. The first-order chi connectivity index (χ1) is 19.3. The van der Waals surface area contributed by atoms with Gasteiger partial charge in [0.15, 0.2) is 0 Å². The van der Waals surface area contributed by atoms with Gasteiger partial charge in [-0.2, -0.15) is 10.2 Å². The number of aromatic nitrogens is 1. The van der Waals surface area contributed by atoms with Crippen LogP contribution in [0.3, 0.4) is 0 Å². The summed E-state index contributed by atoms with van der Waals surface area (Å²) in [4.78, 5) is 7.03. The number of halogens is 4. The summed E-state index contributed by atoms with van der Waals surface area (Å²) in [6.07, 6.45) is 2.35. The molecule has 3 aliphatic rings. The topological polar surface area (TPSA) is 44.1 Å². The van der Waals surface area contributed by atoms with Crippen molar-refractivity contribution in [1.29, 1.82) is 0 Å². The summed E-state index contributed by atoms with van der Waals surface area (Å²) >= 11 is 1.83. The third kappa shape index (κ3) is 8.06. The van der Waals surface area contributed by atoms with Crippen LogP contribution in [0.25, 0.3) is 0 Å². The molecule has 2 aromatic rings. The lowest BCUT2D eigenvalue weighted by molar-refractivity contribution is -0.0552. The van der Waals surface area contributed by atoms with Crippen molar-refractivity contribution >= 4 is 29.1 Å². The minimum atomic E-state index is -2.59. The molecule has 1 aromatic heterocycles. The Morgan fingerprint density at radius 3 is 2.35 bits per heavy atom. The fraction of sp³-hybridized carbons (Fsp3) is 0.567. The fourth-order valence-corrected chi connectivity index (χ4v) is 6.60. The number of benzene rings is 1. The average Bonchev–Trinajstić information content (AvgIpc) is 3.46. The number of pyridine rings is 1. The molecular formula is C30H39F4N5S. The number of hydrogen-bond donors (Lipinski definition) is 0. The van der Waals surface area contributed by atoms with Crippen LogP contribution in [0, 0.1) is 6.92 Å². The molecule has 5 rings (SSSR count). The van der Waals surface area contributed by atoms with Gasteiger partial charge in [-0.15, -0.1) is 0 Å². The Morgan fingerprint density at radius 2 is 1.75 bits per heavy atom. The van der Waals surface area contributed by atoms with Gasteiger partial charge in [0.2, 0.25) is 5.92 Å². The number of piperidine rings is 1. The van der Waals surface area contributed by atoms with Crippen molar-refractivity contribution < 1.29 is 17.6 Å². The van der Waals surface area contributed by atoms with Gasteiger partial charge in [-0.05, 0) is 87.5 Å². The molecule has 1 aliphatic carbocycles. The quantitative estimate of drug-likeness (QED) is 0.236. The molecule has 40 heavy (non-hydrogen) atoms. The van der Waals surface area contributed by atoms with E-state index in [2.05, 4.69) is 55.6 Å². The Hall–Kier alpha value is -2.46. The number of hydrogen-bond acceptors (Lipinski definition) is 6. The summed E-state index contributed by atoms with van der Waals surface area (Å²) in [5.74, 6) is -2.49. The molecule has 0 unspecified atom stereocenters. The van der Waals surface area contributed by atoms with E-state index >= 15 is 0 Å². The summed E-state index contributed by atoms with van der Waals surface area (Å²) < 4.78 is 55.3. The Morgan fingerprint density at radius 1 is 1.02 bits per heavy atom. The van der Waals surface area contributed by atoms with Crippen molar-refractivity contribution in [2.24, 2.45) is 10.2 Å². The summed E-state index contributed by atoms with van der Waals surface area (Å²) in [7, 11) is 0. The van der Waals surface area contributed by atoms with Crippen molar-refractivity contribution in [3.63, 3.8) is 0 Å². The monoisotopic (exact) mass is 577 g/mol. The van der Waals surface area contributed by atoms with E-state index in [1.165, 1.54) is 5.56 Å². The Labute approximate surface area is 239 Å². The zero-order valence-electron chi connectivity index (χ0n) is 23.5. The molecule has 0 radical (unpaired) electrons. The highest BCUT2D eigenvalue weighted by Crippen LogP contribution is 2.38. The molecular weight excluding hydrogens is 538 g/mol. The van der Waals surface area contributed by atoms with Crippen LogP contribution in [0.2, 0.25) is 0 Å². The molecule has 0 spiro atoms. The summed E-state index contributed by atoms with van der Waals surface area (Å²) in [6, 6.07) is 12.5. The summed E-state index contributed by atoms with van der Waals surface area (Å²) in [5, 5.41) is 7.93. The van der Waals surface area contributed by atoms with Gasteiger partial charge in [-0.1, -0.05) is 26.0 Å². The second-order valence-corrected chi connectivity index (χ2v) is 11.8. The second kappa shape index (κ2) is 13.9. The molecule has 0 amide bonds. The van der Waals surface area contributed by atoms with E-state index in [1.54, 1.807) is 6.20 Å². The van der Waals surface area contributed by atoms with Crippen LogP contribution in [0.5, 0.6) is 0 Å². The summed E-state index contributed by atoms with van der Waals surface area (Å²) in [6.45, 7) is 8.54. The van der Waals surface area contributed by atoms with Crippen LogP contribution in [0.15, 0.2) is 52.8 Å². The third-order valence-electron chi connectivity index (χ3n) is 7.61. The Kier molecular flexibility index (Phi) is 10.6. The predicted octanol–water partition coefficient (Wildman–Crippen LogP) is 7.93. The van der Waals surface area contributed by atoms with Crippen LogP contribution >= 0.6 is 11.9 Å². The predicted molar refractivity (Wildman–Crippen MR) is 157 cm³/mol. The molecule has 2 aliphatic heterocycles. The fourth-order valence-electron chi connectivity index (χ4n) is 5.37. The number of nitrogens with zero attached hydrogens (tertiary/aromatic N) is 5. The molecule has 1 saturated carbocycles. The van der Waals surface area contributed by atoms with Gasteiger partial charge in [0, 0.05) is 48.0 Å². The average molecular weight is 578 g/mol. The Bertz CT molecular complexity index is 1150. The second-order valence-electron chi connectivity index (χ2n) is 10.5. The van der Waals surface area contributed by atoms with Gasteiger partial charge in [0.1, 0.15) is 5.71 Å². The van der Waals surface area contributed by atoms with Gasteiger partial charge in [0.25, 0.3) is 6.43 Å². The standard InChI is InChI=1S/C28H33F4N5S.C2H6/c1-19-3-2-4-23(15-19)37(18-21-6-5-20(17-33-21)25-16-26(27(29)30)35-34-25)38-24-9-13-36(14-10-24)22-7-11-28(31,32)12-8-22;1-2/h2-6,15,17,22,24,27H,7-14,16,18H2,1H3;1-2H3. The molecule has 0 N–H and O–H groups in total. The van der Waals surface area contributed by atoms with E-state index < -0.39 is 12.3 Å².